The first-order valence-corrected chi connectivity index (χ1v) is 4.70. The van der Waals surface area contributed by atoms with Crippen LogP contribution >= 0.6 is 0 Å². The predicted molar refractivity (Wildman–Crippen MR) is 56.2 cm³/mol. The first-order chi connectivity index (χ1) is 6.68. The van der Waals surface area contributed by atoms with Gasteiger partial charge in [-0.1, -0.05) is 18.2 Å². The Balaban J connectivity index is 2.37. The van der Waals surface area contributed by atoms with Crippen molar-refractivity contribution in [1.29, 1.82) is 0 Å². The fourth-order valence-corrected chi connectivity index (χ4v) is 1.69. The summed E-state index contributed by atoms with van der Waals surface area (Å²) in [6.45, 7) is 4.77. The third kappa shape index (κ3) is 1.45. The topological polar surface area (TPSA) is 47.6 Å². The number of rotatable bonds is 1. The number of hydrogen-bond acceptors (Lipinski definition) is 3. The molecule has 0 saturated carbocycles. The molecule has 1 atom stereocenters. The summed E-state index contributed by atoms with van der Waals surface area (Å²) >= 11 is 0. The lowest BCUT2D eigenvalue weighted by atomic mass is 9.98. The van der Waals surface area contributed by atoms with E-state index in [0.29, 0.717) is 12.6 Å². The summed E-state index contributed by atoms with van der Waals surface area (Å²) in [7, 11) is 0. The SMILES string of the molecule is Cc1cccc(C2COC(N)=N2)c1C. The Kier molecular flexibility index (Phi) is 2.15. The van der Waals surface area contributed by atoms with Gasteiger partial charge in [-0.15, -0.1) is 0 Å². The van der Waals surface area contributed by atoms with Gasteiger partial charge in [-0.3, -0.25) is 0 Å². The van der Waals surface area contributed by atoms with Crippen LogP contribution in [0.3, 0.4) is 0 Å². The first-order valence-electron chi connectivity index (χ1n) is 4.70. The van der Waals surface area contributed by atoms with Crippen molar-refractivity contribution >= 4 is 6.02 Å². The molecule has 2 N–H and O–H groups in total. The Morgan fingerprint density at radius 2 is 2.21 bits per heavy atom. The Hall–Kier alpha value is -1.51. The second-order valence-corrected chi connectivity index (χ2v) is 3.58. The second kappa shape index (κ2) is 3.33. The van der Waals surface area contributed by atoms with Crippen molar-refractivity contribution in [3.8, 4) is 0 Å². The molecule has 0 saturated heterocycles. The molecule has 0 spiro atoms. The van der Waals surface area contributed by atoms with Gasteiger partial charge in [0.15, 0.2) is 0 Å². The number of amidine groups is 1. The zero-order chi connectivity index (χ0) is 10.1. The Morgan fingerprint density at radius 1 is 1.43 bits per heavy atom. The van der Waals surface area contributed by atoms with Crippen molar-refractivity contribution < 1.29 is 4.74 Å². The standard InChI is InChI=1S/C11H14N2O/c1-7-4-3-5-9(8(7)2)10-6-14-11(12)13-10/h3-5,10H,6H2,1-2H3,(H2,12,13). The van der Waals surface area contributed by atoms with E-state index in [1.54, 1.807) is 0 Å². The summed E-state index contributed by atoms with van der Waals surface area (Å²) in [5, 5.41) is 0. The van der Waals surface area contributed by atoms with Crippen LogP contribution < -0.4 is 5.73 Å². The molecule has 3 heteroatoms. The van der Waals surface area contributed by atoms with Crippen LogP contribution in [0.5, 0.6) is 0 Å². The smallest absolute Gasteiger partial charge is 0.282 e. The highest BCUT2D eigenvalue weighted by molar-refractivity contribution is 5.73. The monoisotopic (exact) mass is 190 g/mol. The molecule has 0 radical (unpaired) electrons. The molecule has 74 valence electrons. The average molecular weight is 190 g/mol. The van der Waals surface area contributed by atoms with E-state index >= 15 is 0 Å². The second-order valence-electron chi connectivity index (χ2n) is 3.58. The molecule has 0 amide bonds. The molecule has 1 aromatic rings. The van der Waals surface area contributed by atoms with Crippen LogP contribution in [0.1, 0.15) is 22.7 Å². The number of aliphatic imine (C=N–C) groups is 1. The molecule has 2 rings (SSSR count). The van der Waals surface area contributed by atoms with Crippen LogP contribution in [0.4, 0.5) is 0 Å². The summed E-state index contributed by atoms with van der Waals surface area (Å²) in [4.78, 5) is 4.23. The van der Waals surface area contributed by atoms with Gasteiger partial charge in [-0.2, -0.15) is 0 Å². The van der Waals surface area contributed by atoms with E-state index in [1.807, 2.05) is 6.07 Å². The molecule has 1 heterocycles. The molecule has 0 fully saturated rings. The van der Waals surface area contributed by atoms with Gasteiger partial charge in [-0.05, 0) is 30.5 Å². The van der Waals surface area contributed by atoms with Crippen molar-refractivity contribution in [2.75, 3.05) is 6.61 Å². The minimum absolute atomic E-state index is 0.0786. The van der Waals surface area contributed by atoms with Crippen LogP contribution in [-0.4, -0.2) is 12.6 Å². The third-order valence-corrected chi connectivity index (χ3v) is 2.68. The lowest BCUT2D eigenvalue weighted by Gasteiger charge is -2.10. The number of ether oxygens (including phenoxy) is 1. The van der Waals surface area contributed by atoms with E-state index in [-0.39, 0.29) is 6.04 Å². The lowest BCUT2D eigenvalue weighted by molar-refractivity contribution is 0.314. The Morgan fingerprint density at radius 3 is 2.86 bits per heavy atom. The molecule has 0 aliphatic carbocycles. The number of benzene rings is 1. The summed E-state index contributed by atoms with van der Waals surface area (Å²) in [6, 6.07) is 6.60. The highest BCUT2D eigenvalue weighted by Crippen LogP contribution is 2.26. The minimum atomic E-state index is 0.0786. The molecule has 14 heavy (non-hydrogen) atoms. The van der Waals surface area contributed by atoms with Crippen molar-refractivity contribution in [2.24, 2.45) is 10.7 Å². The zero-order valence-corrected chi connectivity index (χ0v) is 8.45. The van der Waals surface area contributed by atoms with Crippen LogP contribution in [0.15, 0.2) is 23.2 Å². The van der Waals surface area contributed by atoms with Gasteiger partial charge in [0, 0.05) is 0 Å². The summed E-state index contributed by atoms with van der Waals surface area (Å²) in [5.41, 5.74) is 9.25. The van der Waals surface area contributed by atoms with E-state index < -0.39 is 0 Å². The molecular weight excluding hydrogens is 176 g/mol. The molecule has 1 unspecified atom stereocenters. The lowest BCUT2D eigenvalue weighted by Crippen LogP contribution is -2.10. The highest BCUT2D eigenvalue weighted by atomic mass is 16.5. The number of hydrogen-bond donors (Lipinski definition) is 1. The van der Waals surface area contributed by atoms with Gasteiger partial charge >= 0.3 is 0 Å². The Labute approximate surface area is 83.6 Å². The quantitative estimate of drug-likeness (QED) is 0.732. The van der Waals surface area contributed by atoms with Gasteiger partial charge in [0.1, 0.15) is 12.6 Å². The van der Waals surface area contributed by atoms with Crippen LogP contribution in [-0.2, 0) is 4.74 Å². The molecule has 1 aliphatic rings. The molecular formula is C11H14N2O. The van der Waals surface area contributed by atoms with E-state index in [4.69, 9.17) is 10.5 Å². The highest BCUT2D eigenvalue weighted by Gasteiger charge is 2.20. The molecule has 3 nitrogen and oxygen atoms in total. The first kappa shape index (κ1) is 9.06. The Bertz CT molecular complexity index is 385. The minimum Gasteiger partial charge on any atom is -0.463 e. The molecule has 1 aliphatic heterocycles. The van der Waals surface area contributed by atoms with E-state index in [0.717, 1.165) is 0 Å². The number of nitrogens with zero attached hydrogens (tertiary/aromatic N) is 1. The molecule has 0 bridgehead atoms. The largest absolute Gasteiger partial charge is 0.463 e. The average Bonchev–Trinajstić information content (AvgIpc) is 2.57. The summed E-state index contributed by atoms with van der Waals surface area (Å²) < 4.78 is 5.14. The third-order valence-electron chi connectivity index (χ3n) is 2.68. The van der Waals surface area contributed by atoms with E-state index in [1.165, 1.54) is 16.7 Å². The number of aryl methyl sites for hydroxylation is 1. The maximum absolute atomic E-state index is 5.48. The van der Waals surface area contributed by atoms with Crippen molar-refractivity contribution in [3.63, 3.8) is 0 Å². The van der Waals surface area contributed by atoms with Crippen molar-refractivity contribution in [1.82, 2.24) is 0 Å². The maximum Gasteiger partial charge on any atom is 0.282 e. The van der Waals surface area contributed by atoms with Gasteiger partial charge in [0.05, 0.1) is 0 Å². The normalized spacial score (nSPS) is 20.4. The van der Waals surface area contributed by atoms with Gasteiger partial charge in [0.25, 0.3) is 6.02 Å². The van der Waals surface area contributed by atoms with Gasteiger partial charge in [0.2, 0.25) is 0 Å². The fraction of sp³-hybridized carbons (Fsp3) is 0.364. The van der Waals surface area contributed by atoms with Gasteiger partial charge in [-0.25, -0.2) is 4.99 Å². The predicted octanol–water partition coefficient (Wildman–Crippen LogP) is 1.69. The maximum atomic E-state index is 5.48. The molecule has 1 aromatic carbocycles. The van der Waals surface area contributed by atoms with Gasteiger partial charge < -0.3 is 10.5 Å². The van der Waals surface area contributed by atoms with Crippen molar-refractivity contribution in [3.05, 3.63) is 34.9 Å². The zero-order valence-electron chi connectivity index (χ0n) is 8.45. The molecule has 0 aromatic heterocycles. The summed E-state index contributed by atoms with van der Waals surface area (Å²) in [6.07, 6.45) is 0. The van der Waals surface area contributed by atoms with E-state index in [2.05, 4.69) is 31.0 Å². The number of nitrogens with two attached hydrogens (primary N) is 1. The van der Waals surface area contributed by atoms with E-state index in [9.17, 15) is 0 Å². The van der Waals surface area contributed by atoms with Crippen LogP contribution in [0, 0.1) is 13.8 Å². The summed E-state index contributed by atoms with van der Waals surface area (Å²) in [5.74, 6) is 0. The van der Waals surface area contributed by atoms with Crippen molar-refractivity contribution in [2.45, 2.75) is 19.9 Å². The van der Waals surface area contributed by atoms with Crippen LogP contribution in [0.25, 0.3) is 0 Å². The fourth-order valence-electron chi connectivity index (χ4n) is 1.69. The van der Waals surface area contributed by atoms with Crippen LogP contribution in [0.2, 0.25) is 0 Å².